The van der Waals surface area contributed by atoms with Gasteiger partial charge in [-0.3, -0.25) is 10.3 Å². The predicted octanol–water partition coefficient (Wildman–Crippen LogP) is 2.57. The lowest BCUT2D eigenvalue weighted by Gasteiger charge is -2.32. The highest BCUT2D eigenvalue weighted by molar-refractivity contribution is 5.96. The molecule has 1 N–H and O–H groups in total. The fraction of sp³-hybridized carbons (Fsp3) is 0.562. The molecule has 0 saturated carbocycles. The van der Waals surface area contributed by atoms with Gasteiger partial charge in [-0.25, -0.2) is 0 Å². The smallest absolute Gasteiger partial charge is 0.128 e. The number of nitrogens with zero attached hydrogens (tertiary/aromatic N) is 2. The predicted molar refractivity (Wildman–Crippen MR) is 78.7 cm³/mol. The van der Waals surface area contributed by atoms with Crippen LogP contribution in [0.4, 0.5) is 0 Å². The molecule has 0 aromatic heterocycles. The van der Waals surface area contributed by atoms with Crippen molar-refractivity contribution in [2.45, 2.75) is 31.7 Å². The summed E-state index contributed by atoms with van der Waals surface area (Å²) in [7, 11) is 0. The van der Waals surface area contributed by atoms with Gasteiger partial charge in [0.2, 0.25) is 0 Å². The Hall–Kier alpha value is -1.35. The highest BCUT2D eigenvalue weighted by atomic mass is 15.3. The molecule has 19 heavy (non-hydrogen) atoms. The summed E-state index contributed by atoms with van der Waals surface area (Å²) in [5.41, 5.74) is 1.04. The van der Waals surface area contributed by atoms with E-state index in [0.29, 0.717) is 11.9 Å². The zero-order valence-electron chi connectivity index (χ0n) is 11.5. The quantitative estimate of drug-likeness (QED) is 0.652. The van der Waals surface area contributed by atoms with Crippen LogP contribution < -0.4 is 0 Å². The minimum Gasteiger partial charge on any atom is -0.355 e. The first-order valence-corrected chi connectivity index (χ1v) is 7.47. The standard InChI is InChI=1S/C16H23N3/c17-16(14-7-3-1-4-8-14)19-12-9-15(13-19)18-10-5-2-6-11-18/h1,3-4,7-8,15,17H,2,5-6,9-13H2. The van der Waals surface area contributed by atoms with Gasteiger partial charge in [-0.05, 0) is 32.4 Å². The van der Waals surface area contributed by atoms with E-state index >= 15 is 0 Å². The van der Waals surface area contributed by atoms with Crippen LogP contribution in [0.2, 0.25) is 0 Å². The molecule has 3 nitrogen and oxygen atoms in total. The summed E-state index contributed by atoms with van der Waals surface area (Å²) in [5.74, 6) is 0.695. The SMILES string of the molecule is N=C(c1ccccc1)N1CCC(N2CCCCC2)C1. The molecule has 2 saturated heterocycles. The van der Waals surface area contributed by atoms with E-state index in [1.54, 1.807) is 0 Å². The van der Waals surface area contributed by atoms with Gasteiger partial charge in [0.25, 0.3) is 0 Å². The fourth-order valence-electron chi connectivity index (χ4n) is 3.31. The Bertz CT molecular complexity index is 423. The highest BCUT2D eigenvalue weighted by Gasteiger charge is 2.29. The average molecular weight is 257 g/mol. The molecule has 2 fully saturated rings. The fourth-order valence-corrected chi connectivity index (χ4v) is 3.31. The normalized spacial score (nSPS) is 24.6. The molecular weight excluding hydrogens is 234 g/mol. The van der Waals surface area contributed by atoms with Gasteiger partial charge in [0.15, 0.2) is 0 Å². The van der Waals surface area contributed by atoms with Crippen LogP contribution in [0.25, 0.3) is 0 Å². The molecule has 3 rings (SSSR count). The van der Waals surface area contributed by atoms with Crippen LogP contribution in [0, 0.1) is 5.41 Å². The van der Waals surface area contributed by atoms with Crippen LogP contribution in [0.3, 0.4) is 0 Å². The minimum absolute atomic E-state index is 0.671. The van der Waals surface area contributed by atoms with E-state index in [-0.39, 0.29) is 0 Å². The van der Waals surface area contributed by atoms with Crippen molar-refractivity contribution in [2.24, 2.45) is 0 Å². The summed E-state index contributed by atoms with van der Waals surface area (Å²) in [5, 5.41) is 8.34. The Morgan fingerprint density at radius 2 is 1.74 bits per heavy atom. The summed E-state index contributed by atoms with van der Waals surface area (Å²) in [6.07, 6.45) is 5.32. The third-order valence-corrected chi connectivity index (χ3v) is 4.43. The maximum atomic E-state index is 8.34. The van der Waals surface area contributed by atoms with Gasteiger partial charge in [-0.2, -0.15) is 0 Å². The first-order valence-electron chi connectivity index (χ1n) is 7.47. The van der Waals surface area contributed by atoms with E-state index in [0.717, 1.165) is 18.7 Å². The van der Waals surface area contributed by atoms with E-state index in [1.165, 1.54) is 38.8 Å². The van der Waals surface area contributed by atoms with Crippen molar-refractivity contribution in [3.05, 3.63) is 35.9 Å². The molecule has 1 atom stereocenters. The third kappa shape index (κ3) is 2.81. The second kappa shape index (κ2) is 5.74. The lowest BCUT2D eigenvalue weighted by molar-refractivity contribution is 0.169. The second-order valence-electron chi connectivity index (χ2n) is 5.70. The van der Waals surface area contributed by atoms with Crippen molar-refractivity contribution in [2.75, 3.05) is 26.2 Å². The molecule has 2 heterocycles. The van der Waals surface area contributed by atoms with E-state index in [4.69, 9.17) is 5.41 Å². The molecule has 0 spiro atoms. The molecule has 1 aromatic rings. The number of benzene rings is 1. The number of likely N-dealkylation sites (tertiary alicyclic amines) is 2. The first-order chi connectivity index (χ1) is 9.34. The van der Waals surface area contributed by atoms with Crippen molar-refractivity contribution < 1.29 is 0 Å². The molecule has 0 radical (unpaired) electrons. The number of amidine groups is 1. The largest absolute Gasteiger partial charge is 0.355 e. The topological polar surface area (TPSA) is 30.3 Å². The molecule has 0 bridgehead atoms. The Morgan fingerprint density at radius 3 is 2.47 bits per heavy atom. The number of nitrogens with one attached hydrogen (secondary N) is 1. The molecule has 102 valence electrons. The summed E-state index contributed by atoms with van der Waals surface area (Å²) >= 11 is 0. The molecule has 0 aliphatic carbocycles. The van der Waals surface area contributed by atoms with Crippen LogP contribution in [-0.2, 0) is 0 Å². The molecule has 3 heteroatoms. The van der Waals surface area contributed by atoms with Crippen LogP contribution in [-0.4, -0.2) is 47.9 Å². The number of hydrogen-bond acceptors (Lipinski definition) is 2. The molecule has 1 unspecified atom stereocenters. The molecule has 1 aromatic carbocycles. The average Bonchev–Trinajstić information content (AvgIpc) is 2.98. The summed E-state index contributed by atoms with van der Waals surface area (Å²) in [6, 6.07) is 10.8. The third-order valence-electron chi connectivity index (χ3n) is 4.43. The van der Waals surface area contributed by atoms with Gasteiger partial charge in [-0.15, -0.1) is 0 Å². The van der Waals surface area contributed by atoms with Gasteiger partial charge in [0.1, 0.15) is 5.84 Å². The number of piperidine rings is 1. The Kier molecular flexibility index (Phi) is 3.83. The van der Waals surface area contributed by atoms with Crippen LogP contribution in [0.1, 0.15) is 31.2 Å². The van der Waals surface area contributed by atoms with E-state index in [9.17, 15) is 0 Å². The lowest BCUT2D eigenvalue weighted by Crippen LogP contribution is -2.41. The van der Waals surface area contributed by atoms with Crippen LogP contribution >= 0.6 is 0 Å². The van der Waals surface area contributed by atoms with Gasteiger partial charge in [-0.1, -0.05) is 36.8 Å². The first kappa shape index (κ1) is 12.7. The van der Waals surface area contributed by atoms with E-state index < -0.39 is 0 Å². The summed E-state index contributed by atoms with van der Waals surface area (Å²) in [4.78, 5) is 4.89. The second-order valence-corrected chi connectivity index (χ2v) is 5.70. The molecule has 0 amide bonds. The van der Waals surface area contributed by atoms with Crippen molar-refractivity contribution in [1.82, 2.24) is 9.80 Å². The Labute approximate surface area is 115 Å². The zero-order chi connectivity index (χ0) is 13.1. The van der Waals surface area contributed by atoms with Gasteiger partial charge < -0.3 is 4.90 Å². The van der Waals surface area contributed by atoms with E-state index in [1.807, 2.05) is 30.3 Å². The van der Waals surface area contributed by atoms with Gasteiger partial charge in [0, 0.05) is 24.7 Å². The molecule has 2 aliphatic heterocycles. The Morgan fingerprint density at radius 1 is 1.00 bits per heavy atom. The maximum absolute atomic E-state index is 8.34. The zero-order valence-corrected chi connectivity index (χ0v) is 11.5. The maximum Gasteiger partial charge on any atom is 0.128 e. The monoisotopic (exact) mass is 257 g/mol. The summed E-state index contributed by atoms with van der Waals surface area (Å²) < 4.78 is 0. The number of rotatable bonds is 2. The molecule has 2 aliphatic rings. The van der Waals surface area contributed by atoms with Crippen LogP contribution in [0.15, 0.2) is 30.3 Å². The lowest BCUT2D eigenvalue weighted by atomic mass is 10.1. The van der Waals surface area contributed by atoms with E-state index in [2.05, 4.69) is 9.80 Å². The van der Waals surface area contributed by atoms with Crippen molar-refractivity contribution >= 4 is 5.84 Å². The highest BCUT2D eigenvalue weighted by Crippen LogP contribution is 2.21. The summed E-state index contributed by atoms with van der Waals surface area (Å²) in [6.45, 7) is 4.59. The van der Waals surface area contributed by atoms with Crippen molar-refractivity contribution in [1.29, 1.82) is 5.41 Å². The van der Waals surface area contributed by atoms with Gasteiger partial charge >= 0.3 is 0 Å². The Balaban J connectivity index is 1.61. The minimum atomic E-state index is 0.671. The van der Waals surface area contributed by atoms with Crippen LogP contribution in [0.5, 0.6) is 0 Å². The number of hydrogen-bond donors (Lipinski definition) is 1. The van der Waals surface area contributed by atoms with Crippen molar-refractivity contribution in [3.63, 3.8) is 0 Å². The van der Waals surface area contributed by atoms with Crippen molar-refractivity contribution in [3.8, 4) is 0 Å². The molecular formula is C16H23N3. The van der Waals surface area contributed by atoms with Gasteiger partial charge in [0.05, 0.1) is 0 Å².